The Bertz CT molecular complexity index is 118. The summed E-state index contributed by atoms with van der Waals surface area (Å²) in [7, 11) is 0. The Hall–Kier alpha value is 0.110. The minimum absolute atomic E-state index is 0. The van der Waals surface area contributed by atoms with Gasteiger partial charge in [0.25, 0.3) is 0 Å². The van der Waals surface area contributed by atoms with Gasteiger partial charge in [-0.3, -0.25) is 0 Å². The monoisotopic (exact) mass is 213 g/mol. The quantitative estimate of drug-likeness (QED) is 0.750. The third-order valence-electron chi connectivity index (χ3n) is 2.92. The van der Waals surface area contributed by atoms with E-state index in [1.54, 1.807) is 0 Å². The molecule has 0 aromatic carbocycles. The van der Waals surface area contributed by atoms with E-state index in [9.17, 15) is 8.78 Å². The minimum Gasteiger partial charge on any atom is -0.328 e. The van der Waals surface area contributed by atoms with Crippen LogP contribution in [0, 0.1) is 11.8 Å². The lowest BCUT2D eigenvalue weighted by atomic mass is 9.79. The molecule has 0 aromatic rings. The molecule has 1 nitrogen and oxygen atoms in total. The van der Waals surface area contributed by atoms with Crippen molar-refractivity contribution in [1.82, 2.24) is 0 Å². The first-order chi connectivity index (χ1) is 5.61. The third kappa shape index (κ3) is 3.77. The summed E-state index contributed by atoms with van der Waals surface area (Å²) in [5.74, 6) is 0.111. The molecule has 0 bridgehead atoms. The zero-order valence-corrected chi connectivity index (χ0v) is 8.70. The highest BCUT2D eigenvalue weighted by molar-refractivity contribution is 5.85. The molecule has 1 aliphatic carbocycles. The van der Waals surface area contributed by atoms with Crippen molar-refractivity contribution < 1.29 is 8.78 Å². The van der Waals surface area contributed by atoms with Gasteiger partial charge in [-0.1, -0.05) is 0 Å². The van der Waals surface area contributed by atoms with E-state index in [4.69, 9.17) is 5.73 Å². The number of rotatable bonds is 2. The highest BCUT2D eigenvalue weighted by Gasteiger charge is 2.28. The Balaban J connectivity index is 0.00000144. The lowest BCUT2D eigenvalue weighted by Crippen LogP contribution is -2.31. The Kier molecular flexibility index (Phi) is 5.81. The molecule has 0 unspecified atom stereocenters. The van der Waals surface area contributed by atoms with Gasteiger partial charge >= 0.3 is 0 Å². The van der Waals surface area contributed by atoms with Crippen LogP contribution in [0.5, 0.6) is 0 Å². The molecule has 1 rings (SSSR count). The van der Waals surface area contributed by atoms with Crippen LogP contribution in [0.3, 0.4) is 0 Å². The fourth-order valence-corrected chi connectivity index (χ4v) is 1.92. The molecule has 0 spiro atoms. The second-order valence-electron chi connectivity index (χ2n) is 3.87. The number of hydrogen-bond donors (Lipinski definition) is 1. The number of nitrogens with two attached hydrogens (primary N) is 1. The third-order valence-corrected chi connectivity index (χ3v) is 2.92. The zero-order valence-electron chi connectivity index (χ0n) is 7.88. The van der Waals surface area contributed by atoms with Crippen LogP contribution in [-0.2, 0) is 0 Å². The van der Waals surface area contributed by atoms with Crippen molar-refractivity contribution in [3.8, 4) is 0 Å². The Morgan fingerprint density at radius 1 is 1.08 bits per heavy atom. The average molecular weight is 214 g/mol. The van der Waals surface area contributed by atoms with Gasteiger partial charge in [0.05, 0.1) is 0 Å². The molecule has 0 heterocycles. The van der Waals surface area contributed by atoms with Crippen molar-refractivity contribution in [3.05, 3.63) is 0 Å². The van der Waals surface area contributed by atoms with Crippen LogP contribution in [0.4, 0.5) is 8.78 Å². The van der Waals surface area contributed by atoms with Crippen LogP contribution in [0.1, 0.15) is 32.6 Å². The minimum atomic E-state index is -2.13. The summed E-state index contributed by atoms with van der Waals surface area (Å²) >= 11 is 0. The fraction of sp³-hybridized carbons (Fsp3) is 1.00. The van der Waals surface area contributed by atoms with Crippen LogP contribution < -0.4 is 5.73 Å². The smallest absolute Gasteiger partial charge is 0.241 e. The summed E-state index contributed by atoms with van der Waals surface area (Å²) in [6.45, 7) is 1.97. The molecule has 1 atom stereocenters. The Morgan fingerprint density at radius 2 is 1.46 bits per heavy atom. The Labute approximate surface area is 84.5 Å². The van der Waals surface area contributed by atoms with Crippen LogP contribution in [0.2, 0.25) is 0 Å². The van der Waals surface area contributed by atoms with Gasteiger partial charge in [-0.05, 0) is 38.5 Å². The molecule has 1 fully saturated rings. The van der Waals surface area contributed by atoms with Gasteiger partial charge in [-0.25, -0.2) is 8.78 Å². The van der Waals surface area contributed by atoms with Gasteiger partial charge in [-0.2, -0.15) is 0 Å². The van der Waals surface area contributed by atoms with E-state index in [2.05, 4.69) is 0 Å². The number of halogens is 3. The molecule has 13 heavy (non-hydrogen) atoms. The molecular weight excluding hydrogens is 196 g/mol. The molecule has 1 aliphatic rings. The largest absolute Gasteiger partial charge is 0.328 e. The molecular formula is C9H18ClF2N. The van der Waals surface area contributed by atoms with Crippen molar-refractivity contribution >= 4 is 12.4 Å². The standard InChI is InChI=1S/C9H17F2N.ClH/c1-6(12)7-2-4-8(5-3-7)9(10)11;/h6-9H,2-5,12H2,1H3;1H/t6-,7?,8?;/m1./s1. The van der Waals surface area contributed by atoms with E-state index in [0.29, 0.717) is 18.8 Å². The molecule has 2 N–H and O–H groups in total. The molecule has 0 aliphatic heterocycles. The van der Waals surface area contributed by atoms with Gasteiger partial charge in [0.15, 0.2) is 0 Å². The van der Waals surface area contributed by atoms with Gasteiger partial charge in [0.2, 0.25) is 6.43 Å². The second kappa shape index (κ2) is 5.76. The predicted octanol–water partition coefficient (Wildman–Crippen LogP) is 2.83. The average Bonchev–Trinajstić information content (AvgIpc) is 2.04. The molecule has 4 heteroatoms. The highest BCUT2D eigenvalue weighted by atomic mass is 35.5. The first-order valence-corrected chi connectivity index (χ1v) is 4.65. The van der Waals surface area contributed by atoms with Crippen molar-refractivity contribution in [2.45, 2.75) is 45.1 Å². The van der Waals surface area contributed by atoms with Gasteiger partial charge < -0.3 is 5.73 Å². The maximum Gasteiger partial charge on any atom is 0.241 e. The van der Waals surface area contributed by atoms with Crippen LogP contribution in [0.25, 0.3) is 0 Å². The normalized spacial score (nSPS) is 31.2. The molecule has 80 valence electrons. The summed E-state index contributed by atoms with van der Waals surface area (Å²) in [6.07, 6.45) is 0.951. The number of alkyl halides is 2. The van der Waals surface area contributed by atoms with Crippen molar-refractivity contribution in [2.24, 2.45) is 17.6 Å². The zero-order chi connectivity index (χ0) is 9.14. The summed E-state index contributed by atoms with van der Waals surface area (Å²) in [6, 6.07) is 0.170. The summed E-state index contributed by atoms with van der Waals surface area (Å²) in [5.41, 5.74) is 5.70. The van der Waals surface area contributed by atoms with Gasteiger partial charge in [0.1, 0.15) is 0 Å². The second-order valence-corrected chi connectivity index (χ2v) is 3.87. The molecule has 1 saturated carbocycles. The SMILES string of the molecule is C[C@@H](N)C1CCC(C(F)F)CC1.Cl. The molecule has 0 radical (unpaired) electrons. The summed E-state index contributed by atoms with van der Waals surface area (Å²) in [4.78, 5) is 0. The van der Waals surface area contributed by atoms with Crippen molar-refractivity contribution in [2.75, 3.05) is 0 Å². The summed E-state index contributed by atoms with van der Waals surface area (Å²) in [5, 5.41) is 0. The Morgan fingerprint density at radius 3 is 1.77 bits per heavy atom. The van der Waals surface area contributed by atoms with Crippen molar-refractivity contribution in [1.29, 1.82) is 0 Å². The van der Waals surface area contributed by atoms with Crippen molar-refractivity contribution in [3.63, 3.8) is 0 Å². The molecule has 0 aromatic heterocycles. The first-order valence-electron chi connectivity index (χ1n) is 4.65. The first kappa shape index (κ1) is 13.1. The van der Waals surface area contributed by atoms with Gasteiger partial charge in [0, 0.05) is 12.0 Å². The maximum absolute atomic E-state index is 12.2. The summed E-state index contributed by atoms with van der Waals surface area (Å²) < 4.78 is 24.4. The number of hydrogen-bond acceptors (Lipinski definition) is 1. The molecule has 0 amide bonds. The van der Waals surface area contributed by atoms with E-state index in [-0.39, 0.29) is 24.4 Å². The van der Waals surface area contributed by atoms with E-state index >= 15 is 0 Å². The lowest BCUT2D eigenvalue weighted by Gasteiger charge is -2.30. The van der Waals surface area contributed by atoms with Gasteiger partial charge in [-0.15, -0.1) is 12.4 Å². The van der Waals surface area contributed by atoms with E-state index < -0.39 is 6.43 Å². The van der Waals surface area contributed by atoms with E-state index in [0.717, 1.165) is 12.8 Å². The van der Waals surface area contributed by atoms with E-state index in [1.807, 2.05) is 6.92 Å². The van der Waals surface area contributed by atoms with Crippen LogP contribution in [-0.4, -0.2) is 12.5 Å². The lowest BCUT2D eigenvalue weighted by molar-refractivity contribution is 0.0444. The highest BCUT2D eigenvalue weighted by Crippen LogP contribution is 2.33. The fourth-order valence-electron chi connectivity index (χ4n) is 1.92. The van der Waals surface area contributed by atoms with Crippen LogP contribution in [0.15, 0.2) is 0 Å². The maximum atomic E-state index is 12.2. The molecule has 0 saturated heterocycles. The predicted molar refractivity (Wildman–Crippen MR) is 52.3 cm³/mol. The topological polar surface area (TPSA) is 26.0 Å². The van der Waals surface area contributed by atoms with Crippen LogP contribution >= 0.6 is 12.4 Å². The van der Waals surface area contributed by atoms with E-state index in [1.165, 1.54) is 0 Å².